The molecule has 3 unspecified atom stereocenters. The quantitative estimate of drug-likeness (QED) is 0.127. The third-order valence-corrected chi connectivity index (χ3v) is 5.88. The second kappa shape index (κ2) is 23.0. The van der Waals surface area contributed by atoms with Crippen LogP contribution in [0.5, 0.6) is 0 Å². The number of unbranched alkanes of at least 4 members (excludes halogenated alkanes) is 11. The number of hydrogen-bond donors (Lipinski definition) is 4. The van der Waals surface area contributed by atoms with Crippen LogP contribution in [-0.4, -0.2) is 46.1 Å². The van der Waals surface area contributed by atoms with Gasteiger partial charge in [-0.05, 0) is 45.4 Å². The summed E-state index contributed by atoms with van der Waals surface area (Å²) in [5, 5.41) is 32.8. The highest BCUT2D eigenvalue weighted by Crippen LogP contribution is 2.12. The Labute approximate surface area is 197 Å². The number of aliphatic hydroxyl groups is 3. The molecule has 188 valence electrons. The van der Waals surface area contributed by atoms with Crippen LogP contribution in [0.25, 0.3) is 0 Å². The van der Waals surface area contributed by atoms with E-state index in [4.69, 9.17) is 0 Å². The molecular weight excluding hydrogens is 402 g/mol. The molecule has 0 aromatic heterocycles. The number of hydrogen-bond acceptors (Lipinski definition) is 4. The van der Waals surface area contributed by atoms with Crippen molar-refractivity contribution in [2.45, 2.75) is 135 Å². The predicted octanol–water partition coefficient (Wildman–Crippen LogP) is 5.58. The fourth-order valence-corrected chi connectivity index (χ4v) is 3.77. The van der Waals surface area contributed by atoms with Gasteiger partial charge in [0.25, 0.3) is 0 Å². The zero-order valence-electron chi connectivity index (χ0n) is 20.8. The number of nitrogens with one attached hydrogen (secondary N) is 1. The van der Waals surface area contributed by atoms with Gasteiger partial charge in [0.2, 0.25) is 5.91 Å². The Hall–Kier alpha value is -1.17. The van der Waals surface area contributed by atoms with Crippen molar-refractivity contribution >= 4 is 5.91 Å². The number of allylic oxidation sites excluding steroid dienone is 4. The number of carbonyl (C=O) groups excluding carboxylic acids is 1. The molecule has 1 amide bonds. The minimum Gasteiger partial charge on any atom is -0.394 e. The fraction of sp³-hybridized carbons (Fsp3) is 0.815. The van der Waals surface area contributed by atoms with Crippen LogP contribution in [0.2, 0.25) is 0 Å². The molecule has 0 fully saturated rings. The van der Waals surface area contributed by atoms with Crippen LogP contribution in [0.15, 0.2) is 24.3 Å². The minimum atomic E-state index is -1.16. The second-order valence-corrected chi connectivity index (χ2v) is 8.90. The van der Waals surface area contributed by atoms with Crippen molar-refractivity contribution in [2.75, 3.05) is 6.61 Å². The lowest BCUT2D eigenvalue weighted by atomic mass is 10.0. The number of amides is 1. The highest BCUT2D eigenvalue weighted by atomic mass is 16.3. The molecule has 0 aromatic rings. The lowest BCUT2D eigenvalue weighted by molar-refractivity contribution is -0.124. The summed E-state index contributed by atoms with van der Waals surface area (Å²) in [5.74, 6) is -0.168. The molecule has 0 aliphatic rings. The lowest BCUT2D eigenvalue weighted by Crippen LogP contribution is -2.50. The number of aliphatic hydroxyl groups excluding tert-OH is 3. The highest BCUT2D eigenvalue weighted by molar-refractivity contribution is 5.76. The predicted molar refractivity (Wildman–Crippen MR) is 135 cm³/mol. The summed E-state index contributed by atoms with van der Waals surface area (Å²) in [7, 11) is 0. The summed E-state index contributed by atoms with van der Waals surface area (Å²) in [6.07, 6.45) is 22.9. The molecule has 0 saturated carbocycles. The largest absolute Gasteiger partial charge is 0.394 e. The first-order chi connectivity index (χ1) is 15.6. The summed E-state index contributed by atoms with van der Waals surface area (Å²) in [6, 6.07) is -0.822. The van der Waals surface area contributed by atoms with Crippen molar-refractivity contribution in [3.8, 4) is 0 Å². The molecule has 5 heteroatoms. The minimum absolute atomic E-state index is 0.168. The first-order valence-electron chi connectivity index (χ1n) is 13.1. The Morgan fingerprint density at radius 1 is 0.812 bits per heavy atom. The van der Waals surface area contributed by atoms with Crippen molar-refractivity contribution in [1.82, 2.24) is 5.32 Å². The van der Waals surface area contributed by atoms with E-state index in [0.29, 0.717) is 12.8 Å². The molecule has 4 N–H and O–H groups in total. The third kappa shape index (κ3) is 18.4. The van der Waals surface area contributed by atoms with Gasteiger partial charge in [0.15, 0.2) is 0 Å². The molecule has 0 aliphatic carbocycles. The zero-order chi connectivity index (χ0) is 23.9. The number of rotatable bonds is 22. The van der Waals surface area contributed by atoms with Gasteiger partial charge in [0.1, 0.15) is 6.10 Å². The molecule has 0 rings (SSSR count). The Morgan fingerprint density at radius 3 is 1.97 bits per heavy atom. The van der Waals surface area contributed by atoms with Crippen LogP contribution in [0, 0.1) is 0 Å². The molecule has 0 spiro atoms. The topological polar surface area (TPSA) is 89.8 Å². The van der Waals surface area contributed by atoms with Crippen molar-refractivity contribution in [3.05, 3.63) is 24.3 Å². The van der Waals surface area contributed by atoms with Gasteiger partial charge in [-0.25, -0.2) is 0 Å². The van der Waals surface area contributed by atoms with Gasteiger partial charge in [0, 0.05) is 6.42 Å². The Kier molecular flexibility index (Phi) is 22.2. The van der Waals surface area contributed by atoms with E-state index in [1.165, 1.54) is 44.9 Å². The second-order valence-electron chi connectivity index (χ2n) is 8.90. The van der Waals surface area contributed by atoms with E-state index in [0.717, 1.165) is 44.9 Å². The van der Waals surface area contributed by atoms with Gasteiger partial charge in [-0.1, -0.05) is 89.0 Å². The summed E-state index contributed by atoms with van der Waals surface area (Å²) < 4.78 is 0. The van der Waals surface area contributed by atoms with Gasteiger partial charge >= 0.3 is 0 Å². The average molecular weight is 454 g/mol. The molecule has 32 heavy (non-hydrogen) atoms. The number of carbonyl (C=O) groups is 1. The van der Waals surface area contributed by atoms with Crippen LogP contribution in [-0.2, 0) is 4.79 Å². The van der Waals surface area contributed by atoms with Crippen molar-refractivity contribution in [2.24, 2.45) is 0 Å². The van der Waals surface area contributed by atoms with Crippen LogP contribution >= 0.6 is 0 Å². The Morgan fingerprint density at radius 2 is 1.38 bits per heavy atom. The molecule has 0 saturated heterocycles. The standard InChI is InChI=1S/C27H51NO4/c1-3-5-7-9-11-13-14-16-18-20-22-26(31)28-24(23-29)27(32)25(30)21-19-17-15-12-10-8-6-4-2/h4,6,12,15,24-25,27,29-30,32H,3,5,7-11,13-14,16-23H2,1-2H3,(H,28,31)/b6-4+,15-12+. The third-order valence-electron chi connectivity index (χ3n) is 5.88. The Bertz CT molecular complexity index is 478. The summed E-state index contributed by atoms with van der Waals surface area (Å²) >= 11 is 0. The molecule has 0 aromatic carbocycles. The first kappa shape index (κ1) is 30.8. The maximum Gasteiger partial charge on any atom is 0.220 e. The van der Waals surface area contributed by atoms with Crippen LogP contribution in [0.1, 0.15) is 117 Å². The van der Waals surface area contributed by atoms with E-state index in [1.807, 2.05) is 13.0 Å². The SMILES string of the molecule is C/C=C/CC/C=C/CCCC(O)C(O)C(CO)NC(=O)CCCCCCCCCCCC. The maximum atomic E-state index is 12.2. The smallest absolute Gasteiger partial charge is 0.220 e. The van der Waals surface area contributed by atoms with E-state index in [2.05, 4.69) is 30.5 Å². The monoisotopic (exact) mass is 453 g/mol. The van der Waals surface area contributed by atoms with E-state index >= 15 is 0 Å². The van der Waals surface area contributed by atoms with Crippen LogP contribution < -0.4 is 5.32 Å². The molecule has 5 nitrogen and oxygen atoms in total. The van der Waals surface area contributed by atoms with E-state index in [-0.39, 0.29) is 12.5 Å². The van der Waals surface area contributed by atoms with Crippen molar-refractivity contribution in [3.63, 3.8) is 0 Å². The Balaban J connectivity index is 3.88. The fourth-order valence-electron chi connectivity index (χ4n) is 3.77. The van der Waals surface area contributed by atoms with Gasteiger partial charge < -0.3 is 20.6 Å². The normalized spacial score (nSPS) is 14.8. The molecular formula is C27H51NO4. The van der Waals surface area contributed by atoms with Gasteiger partial charge in [-0.2, -0.15) is 0 Å². The summed E-state index contributed by atoms with van der Waals surface area (Å²) in [4.78, 5) is 12.2. The van der Waals surface area contributed by atoms with E-state index < -0.39 is 18.2 Å². The summed E-state index contributed by atoms with van der Waals surface area (Å²) in [5.41, 5.74) is 0. The van der Waals surface area contributed by atoms with E-state index in [1.54, 1.807) is 0 Å². The zero-order valence-corrected chi connectivity index (χ0v) is 20.8. The summed E-state index contributed by atoms with van der Waals surface area (Å²) in [6.45, 7) is 3.86. The van der Waals surface area contributed by atoms with Crippen LogP contribution in [0.4, 0.5) is 0 Å². The van der Waals surface area contributed by atoms with Gasteiger partial charge in [-0.15, -0.1) is 0 Å². The molecule has 3 atom stereocenters. The van der Waals surface area contributed by atoms with Gasteiger partial charge in [-0.3, -0.25) is 4.79 Å². The van der Waals surface area contributed by atoms with Crippen molar-refractivity contribution < 1.29 is 20.1 Å². The molecule has 0 bridgehead atoms. The van der Waals surface area contributed by atoms with Crippen LogP contribution in [0.3, 0.4) is 0 Å². The average Bonchev–Trinajstić information content (AvgIpc) is 2.79. The highest BCUT2D eigenvalue weighted by Gasteiger charge is 2.26. The molecule has 0 heterocycles. The van der Waals surface area contributed by atoms with E-state index in [9.17, 15) is 20.1 Å². The van der Waals surface area contributed by atoms with Crippen molar-refractivity contribution in [1.29, 1.82) is 0 Å². The lowest BCUT2D eigenvalue weighted by Gasteiger charge is -2.26. The maximum absolute atomic E-state index is 12.2. The molecule has 0 aliphatic heterocycles. The molecule has 0 radical (unpaired) electrons. The van der Waals surface area contributed by atoms with Gasteiger partial charge in [0.05, 0.1) is 18.8 Å². The first-order valence-corrected chi connectivity index (χ1v) is 13.1.